The summed E-state index contributed by atoms with van der Waals surface area (Å²) in [5, 5.41) is 8.99. The summed E-state index contributed by atoms with van der Waals surface area (Å²) in [5.41, 5.74) is -0.940. The normalized spacial score (nSPS) is 26.3. The Balaban J connectivity index is 2.83. The van der Waals surface area contributed by atoms with Gasteiger partial charge in [-0.2, -0.15) is 5.26 Å². The molecule has 2 unspecified atom stereocenters. The van der Waals surface area contributed by atoms with Crippen molar-refractivity contribution < 1.29 is 9.53 Å². The molecule has 0 aromatic rings. The molecule has 0 N–H and O–H groups in total. The summed E-state index contributed by atoms with van der Waals surface area (Å²) in [4.78, 5) is 14.0. The molecule has 0 aromatic carbocycles. The van der Waals surface area contributed by atoms with Crippen molar-refractivity contribution in [2.45, 2.75) is 46.3 Å². The molecule has 0 radical (unpaired) electrons. The van der Waals surface area contributed by atoms with Gasteiger partial charge >= 0.3 is 0 Å². The van der Waals surface area contributed by atoms with Gasteiger partial charge in [0.1, 0.15) is 5.41 Å². The van der Waals surface area contributed by atoms with Crippen LogP contribution in [0.1, 0.15) is 34.1 Å². The van der Waals surface area contributed by atoms with Crippen LogP contribution < -0.4 is 0 Å². The van der Waals surface area contributed by atoms with Crippen LogP contribution in [0.15, 0.2) is 0 Å². The van der Waals surface area contributed by atoms with Crippen molar-refractivity contribution >= 4 is 5.91 Å². The standard InChI is InChI=1S/C12H20N2O2/c1-5-10-7-16-9(2)6-14(10)11(15)12(3,4)8-13/h9-10H,5-7H2,1-4H3. The number of nitrogens with zero attached hydrogens (tertiary/aromatic N) is 2. The third-order valence-electron chi connectivity index (χ3n) is 3.01. The average Bonchev–Trinajstić information content (AvgIpc) is 2.28. The van der Waals surface area contributed by atoms with E-state index in [2.05, 4.69) is 6.07 Å². The van der Waals surface area contributed by atoms with Crippen LogP contribution in [0.3, 0.4) is 0 Å². The highest BCUT2D eigenvalue weighted by Crippen LogP contribution is 2.23. The average molecular weight is 224 g/mol. The minimum Gasteiger partial charge on any atom is -0.375 e. The Hall–Kier alpha value is -1.08. The predicted octanol–water partition coefficient (Wildman–Crippen LogP) is 1.56. The van der Waals surface area contributed by atoms with Gasteiger partial charge in [-0.05, 0) is 27.2 Å². The maximum atomic E-state index is 12.2. The Labute approximate surface area is 97.2 Å². The summed E-state index contributed by atoms with van der Waals surface area (Å²) in [6, 6.07) is 2.17. The smallest absolute Gasteiger partial charge is 0.242 e. The molecule has 90 valence electrons. The Morgan fingerprint density at radius 2 is 2.25 bits per heavy atom. The molecule has 0 spiro atoms. The fourth-order valence-electron chi connectivity index (χ4n) is 1.84. The second-order valence-electron chi connectivity index (χ2n) is 4.90. The van der Waals surface area contributed by atoms with Crippen molar-refractivity contribution in [1.82, 2.24) is 4.90 Å². The number of carbonyl (C=O) groups is 1. The van der Waals surface area contributed by atoms with Crippen LogP contribution in [0.25, 0.3) is 0 Å². The van der Waals surface area contributed by atoms with Crippen molar-refractivity contribution in [3.05, 3.63) is 0 Å². The fraction of sp³-hybridized carbons (Fsp3) is 0.833. The van der Waals surface area contributed by atoms with Crippen LogP contribution in [-0.4, -0.2) is 36.1 Å². The van der Waals surface area contributed by atoms with Crippen molar-refractivity contribution in [2.75, 3.05) is 13.2 Å². The molecule has 0 aromatic heterocycles. The van der Waals surface area contributed by atoms with E-state index in [1.807, 2.05) is 13.8 Å². The monoisotopic (exact) mass is 224 g/mol. The molecule has 4 nitrogen and oxygen atoms in total. The zero-order valence-electron chi connectivity index (χ0n) is 10.5. The largest absolute Gasteiger partial charge is 0.375 e. The van der Waals surface area contributed by atoms with E-state index in [4.69, 9.17) is 10.00 Å². The molecule has 0 saturated carbocycles. The maximum absolute atomic E-state index is 12.2. The number of hydrogen-bond acceptors (Lipinski definition) is 3. The van der Waals surface area contributed by atoms with Gasteiger partial charge in [0.15, 0.2) is 0 Å². The first-order valence-electron chi connectivity index (χ1n) is 5.76. The lowest BCUT2D eigenvalue weighted by molar-refractivity contribution is -0.150. The van der Waals surface area contributed by atoms with Gasteiger partial charge in [0.2, 0.25) is 5.91 Å². The van der Waals surface area contributed by atoms with Crippen LogP contribution in [-0.2, 0) is 9.53 Å². The summed E-state index contributed by atoms with van der Waals surface area (Å²) in [6.45, 7) is 8.48. The van der Waals surface area contributed by atoms with E-state index in [0.29, 0.717) is 13.2 Å². The highest BCUT2D eigenvalue weighted by Gasteiger charge is 2.37. The molecule has 0 bridgehead atoms. The molecule has 1 aliphatic heterocycles. The van der Waals surface area contributed by atoms with Crippen LogP contribution in [0, 0.1) is 16.7 Å². The summed E-state index contributed by atoms with van der Waals surface area (Å²) >= 11 is 0. The van der Waals surface area contributed by atoms with Gasteiger partial charge in [-0.15, -0.1) is 0 Å². The lowest BCUT2D eigenvalue weighted by Gasteiger charge is -2.40. The molecule has 4 heteroatoms. The zero-order valence-corrected chi connectivity index (χ0v) is 10.5. The summed E-state index contributed by atoms with van der Waals surface area (Å²) in [7, 11) is 0. The topological polar surface area (TPSA) is 53.3 Å². The SMILES string of the molecule is CCC1COC(C)CN1C(=O)C(C)(C)C#N. The molecular formula is C12H20N2O2. The first-order valence-corrected chi connectivity index (χ1v) is 5.76. The van der Waals surface area contributed by atoms with Gasteiger partial charge < -0.3 is 9.64 Å². The first kappa shape index (κ1) is 13.0. The molecule has 1 saturated heterocycles. The van der Waals surface area contributed by atoms with E-state index < -0.39 is 5.41 Å². The fourth-order valence-corrected chi connectivity index (χ4v) is 1.84. The number of amides is 1. The van der Waals surface area contributed by atoms with Crippen LogP contribution in [0.4, 0.5) is 0 Å². The lowest BCUT2D eigenvalue weighted by Crippen LogP contribution is -2.54. The molecular weight excluding hydrogens is 204 g/mol. The Morgan fingerprint density at radius 1 is 1.62 bits per heavy atom. The van der Waals surface area contributed by atoms with Crippen molar-refractivity contribution in [2.24, 2.45) is 5.41 Å². The van der Waals surface area contributed by atoms with Gasteiger partial charge in [0.05, 0.1) is 24.8 Å². The van der Waals surface area contributed by atoms with Crippen molar-refractivity contribution in [3.63, 3.8) is 0 Å². The maximum Gasteiger partial charge on any atom is 0.242 e. The second kappa shape index (κ2) is 4.84. The molecule has 2 atom stereocenters. The van der Waals surface area contributed by atoms with Gasteiger partial charge in [-0.3, -0.25) is 4.79 Å². The molecule has 1 rings (SSSR count). The Bertz CT molecular complexity index is 307. The molecule has 16 heavy (non-hydrogen) atoms. The highest BCUT2D eigenvalue weighted by atomic mass is 16.5. The van der Waals surface area contributed by atoms with Crippen LogP contribution in [0.2, 0.25) is 0 Å². The third-order valence-corrected chi connectivity index (χ3v) is 3.01. The van der Waals surface area contributed by atoms with Gasteiger partial charge in [0.25, 0.3) is 0 Å². The van der Waals surface area contributed by atoms with E-state index >= 15 is 0 Å². The zero-order chi connectivity index (χ0) is 12.3. The van der Waals surface area contributed by atoms with E-state index in [1.165, 1.54) is 0 Å². The lowest BCUT2D eigenvalue weighted by atomic mass is 9.92. The van der Waals surface area contributed by atoms with Crippen LogP contribution in [0.5, 0.6) is 0 Å². The van der Waals surface area contributed by atoms with E-state index in [-0.39, 0.29) is 18.1 Å². The summed E-state index contributed by atoms with van der Waals surface area (Å²) < 4.78 is 5.53. The number of nitriles is 1. The second-order valence-corrected chi connectivity index (χ2v) is 4.90. The number of rotatable bonds is 2. The van der Waals surface area contributed by atoms with Crippen molar-refractivity contribution in [3.8, 4) is 6.07 Å². The van der Waals surface area contributed by atoms with Crippen LogP contribution >= 0.6 is 0 Å². The molecule has 1 aliphatic rings. The van der Waals surface area contributed by atoms with E-state index in [9.17, 15) is 4.79 Å². The summed E-state index contributed by atoms with van der Waals surface area (Å²) in [6.07, 6.45) is 0.918. The minimum atomic E-state index is -0.940. The van der Waals surface area contributed by atoms with Crippen molar-refractivity contribution in [1.29, 1.82) is 5.26 Å². The highest BCUT2D eigenvalue weighted by molar-refractivity contribution is 5.85. The minimum absolute atomic E-state index is 0.0567. The van der Waals surface area contributed by atoms with Gasteiger partial charge in [-0.25, -0.2) is 0 Å². The van der Waals surface area contributed by atoms with E-state index in [0.717, 1.165) is 6.42 Å². The number of morpholine rings is 1. The number of ether oxygens (including phenoxy) is 1. The van der Waals surface area contributed by atoms with Gasteiger partial charge in [-0.1, -0.05) is 6.92 Å². The quantitative estimate of drug-likeness (QED) is 0.715. The molecule has 1 amide bonds. The van der Waals surface area contributed by atoms with E-state index in [1.54, 1.807) is 18.7 Å². The summed E-state index contributed by atoms with van der Waals surface area (Å²) in [5.74, 6) is -0.0861. The molecule has 1 fully saturated rings. The third kappa shape index (κ3) is 2.53. The van der Waals surface area contributed by atoms with Gasteiger partial charge in [0, 0.05) is 6.54 Å². The number of carbonyl (C=O) groups excluding carboxylic acids is 1. The first-order chi connectivity index (χ1) is 7.42. The Kier molecular flexibility index (Phi) is 3.93. The molecule has 1 heterocycles. The number of hydrogen-bond donors (Lipinski definition) is 0. The Morgan fingerprint density at radius 3 is 2.75 bits per heavy atom. The molecule has 0 aliphatic carbocycles. The predicted molar refractivity (Wildman–Crippen MR) is 60.6 cm³/mol.